The zero-order valence-corrected chi connectivity index (χ0v) is 11.1. The molecule has 2 rings (SSSR count). The fraction of sp³-hybridized carbons (Fsp3) is 0.133. The second-order valence-electron chi connectivity index (χ2n) is 4.26. The SMILES string of the molecule is Cc1ccccc1C(N=C(N)NC#N)c1ccccn1. The van der Waals surface area contributed by atoms with E-state index in [1.165, 1.54) is 0 Å². The predicted octanol–water partition coefficient (Wildman–Crippen LogP) is 1.86. The molecule has 5 heteroatoms. The Labute approximate surface area is 117 Å². The fourth-order valence-corrected chi connectivity index (χ4v) is 1.95. The minimum Gasteiger partial charge on any atom is -0.369 e. The van der Waals surface area contributed by atoms with E-state index in [9.17, 15) is 0 Å². The third kappa shape index (κ3) is 3.12. The number of aliphatic imine (C=N–C) groups is 1. The summed E-state index contributed by atoms with van der Waals surface area (Å²) < 4.78 is 0. The van der Waals surface area contributed by atoms with Crippen LogP contribution in [0.25, 0.3) is 0 Å². The number of aromatic nitrogens is 1. The van der Waals surface area contributed by atoms with Gasteiger partial charge in [-0.3, -0.25) is 10.3 Å². The van der Waals surface area contributed by atoms with Crippen molar-refractivity contribution >= 4 is 5.96 Å². The number of aryl methyl sites for hydroxylation is 1. The summed E-state index contributed by atoms with van der Waals surface area (Å²) in [4.78, 5) is 8.70. The summed E-state index contributed by atoms with van der Waals surface area (Å²) >= 11 is 0. The molecule has 20 heavy (non-hydrogen) atoms. The van der Waals surface area contributed by atoms with Crippen molar-refractivity contribution < 1.29 is 0 Å². The van der Waals surface area contributed by atoms with Crippen LogP contribution in [0.4, 0.5) is 0 Å². The van der Waals surface area contributed by atoms with Crippen molar-refractivity contribution in [3.63, 3.8) is 0 Å². The maximum absolute atomic E-state index is 8.61. The highest BCUT2D eigenvalue weighted by atomic mass is 15.1. The Balaban J connectivity index is 2.48. The molecule has 2 aromatic rings. The van der Waals surface area contributed by atoms with E-state index in [0.29, 0.717) is 0 Å². The first kappa shape index (κ1) is 13.6. The van der Waals surface area contributed by atoms with Crippen LogP contribution in [-0.4, -0.2) is 10.9 Å². The smallest absolute Gasteiger partial charge is 0.203 e. The average Bonchev–Trinajstić information content (AvgIpc) is 2.47. The van der Waals surface area contributed by atoms with Gasteiger partial charge >= 0.3 is 0 Å². The first-order valence-corrected chi connectivity index (χ1v) is 6.17. The highest BCUT2D eigenvalue weighted by Gasteiger charge is 2.16. The Hall–Kier alpha value is -2.87. The van der Waals surface area contributed by atoms with Crippen LogP contribution >= 0.6 is 0 Å². The van der Waals surface area contributed by atoms with Gasteiger partial charge in [-0.05, 0) is 30.2 Å². The number of guanidine groups is 1. The molecule has 0 radical (unpaired) electrons. The van der Waals surface area contributed by atoms with Gasteiger partial charge in [0.1, 0.15) is 6.04 Å². The number of pyridine rings is 1. The minimum atomic E-state index is -0.335. The van der Waals surface area contributed by atoms with Gasteiger partial charge in [-0.25, -0.2) is 4.99 Å². The molecule has 0 amide bonds. The van der Waals surface area contributed by atoms with Crippen LogP contribution in [-0.2, 0) is 0 Å². The lowest BCUT2D eigenvalue weighted by atomic mass is 9.99. The second-order valence-corrected chi connectivity index (χ2v) is 4.26. The lowest BCUT2D eigenvalue weighted by Crippen LogP contribution is -2.28. The molecule has 100 valence electrons. The van der Waals surface area contributed by atoms with Crippen molar-refractivity contribution in [2.75, 3.05) is 0 Å². The molecule has 0 bridgehead atoms. The first-order chi connectivity index (χ1) is 9.72. The maximum Gasteiger partial charge on any atom is 0.203 e. The summed E-state index contributed by atoms with van der Waals surface area (Å²) in [5, 5.41) is 10.9. The number of rotatable bonds is 3. The van der Waals surface area contributed by atoms with Crippen molar-refractivity contribution in [2.24, 2.45) is 10.7 Å². The molecule has 0 aliphatic heterocycles. The van der Waals surface area contributed by atoms with E-state index in [1.807, 2.05) is 49.4 Å². The molecule has 0 saturated heterocycles. The Morgan fingerprint density at radius 2 is 2.05 bits per heavy atom. The zero-order valence-electron chi connectivity index (χ0n) is 11.1. The van der Waals surface area contributed by atoms with E-state index in [2.05, 4.69) is 15.3 Å². The van der Waals surface area contributed by atoms with Crippen molar-refractivity contribution in [2.45, 2.75) is 13.0 Å². The molecule has 1 atom stereocenters. The Morgan fingerprint density at radius 3 is 2.70 bits per heavy atom. The Kier molecular flexibility index (Phi) is 4.30. The standard InChI is InChI=1S/C15H15N5/c1-11-6-2-3-7-12(11)14(20-15(17)19-10-16)13-8-4-5-9-18-13/h2-9,14H,1H3,(H3,17,19,20). The van der Waals surface area contributed by atoms with Crippen molar-refractivity contribution in [1.82, 2.24) is 10.3 Å². The largest absolute Gasteiger partial charge is 0.369 e. The molecular weight excluding hydrogens is 250 g/mol. The van der Waals surface area contributed by atoms with Crippen LogP contribution in [0.3, 0.4) is 0 Å². The van der Waals surface area contributed by atoms with Gasteiger partial charge < -0.3 is 5.73 Å². The number of nitrogens with two attached hydrogens (primary N) is 1. The molecule has 1 unspecified atom stereocenters. The van der Waals surface area contributed by atoms with Gasteiger partial charge in [-0.1, -0.05) is 30.3 Å². The van der Waals surface area contributed by atoms with E-state index >= 15 is 0 Å². The summed E-state index contributed by atoms with van der Waals surface area (Å²) in [5.74, 6) is 0.0754. The van der Waals surface area contributed by atoms with E-state index in [0.717, 1.165) is 16.8 Å². The molecule has 5 nitrogen and oxygen atoms in total. The van der Waals surface area contributed by atoms with Gasteiger partial charge in [0.05, 0.1) is 5.69 Å². The van der Waals surface area contributed by atoms with Crippen molar-refractivity contribution in [3.05, 3.63) is 65.5 Å². The van der Waals surface area contributed by atoms with Crippen LogP contribution in [0.2, 0.25) is 0 Å². The quantitative estimate of drug-likeness (QED) is 0.384. The summed E-state index contributed by atoms with van der Waals surface area (Å²) in [6.45, 7) is 2.01. The Morgan fingerprint density at radius 1 is 1.30 bits per heavy atom. The van der Waals surface area contributed by atoms with E-state index in [1.54, 1.807) is 12.4 Å². The summed E-state index contributed by atoms with van der Waals surface area (Å²) in [6, 6.07) is 13.2. The predicted molar refractivity (Wildman–Crippen MR) is 77.6 cm³/mol. The zero-order chi connectivity index (χ0) is 14.4. The highest BCUT2D eigenvalue weighted by molar-refractivity contribution is 5.79. The molecule has 0 fully saturated rings. The summed E-state index contributed by atoms with van der Waals surface area (Å²) in [7, 11) is 0. The van der Waals surface area contributed by atoms with Crippen LogP contribution in [0.15, 0.2) is 53.7 Å². The van der Waals surface area contributed by atoms with Crippen molar-refractivity contribution in [1.29, 1.82) is 5.26 Å². The van der Waals surface area contributed by atoms with Crippen LogP contribution in [0.5, 0.6) is 0 Å². The molecule has 3 N–H and O–H groups in total. The number of nitrogens with one attached hydrogen (secondary N) is 1. The van der Waals surface area contributed by atoms with E-state index in [-0.39, 0.29) is 12.0 Å². The molecule has 1 aromatic heterocycles. The molecule has 0 spiro atoms. The first-order valence-electron chi connectivity index (χ1n) is 6.17. The highest BCUT2D eigenvalue weighted by Crippen LogP contribution is 2.26. The van der Waals surface area contributed by atoms with Gasteiger partial charge in [0.15, 0.2) is 6.19 Å². The van der Waals surface area contributed by atoms with Gasteiger partial charge in [-0.2, -0.15) is 5.26 Å². The molecular formula is C15H15N5. The van der Waals surface area contributed by atoms with Crippen LogP contribution < -0.4 is 11.1 Å². The number of benzene rings is 1. The minimum absolute atomic E-state index is 0.0754. The van der Waals surface area contributed by atoms with Gasteiger partial charge in [0.25, 0.3) is 0 Å². The van der Waals surface area contributed by atoms with Crippen molar-refractivity contribution in [3.8, 4) is 6.19 Å². The number of nitriles is 1. The van der Waals surface area contributed by atoms with Gasteiger partial charge in [0.2, 0.25) is 5.96 Å². The van der Waals surface area contributed by atoms with Crippen LogP contribution in [0, 0.1) is 18.4 Å². The third-order valence-electron chi connectivity index (χ3n) is 2.90. The summed E-state index contributed by atoms with van der Waals surface area (Å²) in [6.07, 6.45) is 3.48. The van der Waals surface area contributed by atoms with Crippen LogP contribution in [0.1, 0.15) is 22.9 Å². The molecule has 0 saturated carbocycles. The molecule has 1 aromatic carbocycles. The normalized spacial score (nSPS) is 12.5. The van der Waals surface area contributed by atoms with E-state index in [4.69, 9.17) is 11.0 Å². The molecule has 1 heterocycles. The topological polar surface area (TPSA) is 87.1 Å². The van der Waals surface area contributed by atoms with Gasteiger partial charge in [-0.15, -0.1) is 0 Å². The van der Waals surface area contributed by atoms with E-state index < -0.39 is 0 Å². The van der Waals surface area contributed by atoms with Gasteiger partial charge in [0, 0.05) is 6.20 Å². The fourth-order valence-electron chi connectivity index (χ4n) is 1.95. The number of nitrogens with zero attached hydrogens (tertiary/aromatic N) is 3. The lowest BCUT2D eigenvalue weighted by Gasteiger charge is -2.15. The summed E-state index contributed by atoms with van der Waals surface area (Å²) in [5.41, 5.74) is 8.58. The number of hydrogen-bond donors (Lipinski definition) is 2. The third-order valence-corrected chi connectivity index (χ3v) is 2.90. The lowest BCUT2D eigenvalue weighted by molar-refractivity contribution is 0.814. The molecule has 0 aliphatic carbocycles. The average molecular weight is 265 g/mol. The maximum atomic E-state index is 8.61. The Bertz CT molecular complexity index is 643. The monoisotopic (exact) mass is 265 g/mol. The number of hydrogen-bond acceptors (Lipinski definition) is 3. The second kappa shape index (κ2) is 6.34. The molecule has 0 aliphatic rings.